The Morgan fingerprint density at radius 2 is 2.36 bits per heavy atom. The quantitative estimate of drug-likeness (QED) is 0.688. The van der Waals surface area contributed by atoms with Crippen LogP contribution in [0.1, 0.15) is 23.4 Å². The highest BCUT2D eigenvalue weighted by atomic mass is 127. The number of nitrogens with zero attached hydrogens (tertiary/aromatic N) is 1. The molecular formula is C11H10INO. The molecule has 0 amide bonds. The van der Waals surface area contributed by atoms with Gasteiger partial charge < -0.3 is 4.52 Å². The van der Waals surface area contributed by atoms with Gasteiger partial charge in [-0.05, 0) is 29.4 Å². The number of rotatable bonds is 0. The van der Waals surface area contributed by atoms with E-state index in [2.05, 4.69) is 21.3 Å². The Kier molecular flexibility index (Phi) is 1.93. The maximum absolute atomic E-state index is 5.26. The smallest absolute Gasteiger partial charge is 0.137 e. The van der Waals surface area contributed by atoms with E-state index >= 15 is 0 Å². The topological polar surface area (TPSA) is 26.0 Å². The van der Waals surface area contributed by atoms with Crippen molar-refractivity contribution in [3.63, 3.8) is 0 Å². The molecule has 3 heteroatoms. The minimum absolute atomic E-state index is 0.0231. The van der Waals surface area contributed by atoms with Gasteiger partial charge in [0, 0.05) is 9.14 Å². The van der Waals surface area contributed by atoms with Crippen LogP contribution in [0.4, 0.5) is 0 Å². The first kappa shape index (κ1) is 8.59. The van der Waals surface area contributed by atoms with Crippen molar-refractivity contribution in [2.24, 2.45) is 0 Å². The van der Waals surface area contributed by atoms with E-state index in [1.165, 1.54) is 14.7 Å². The summed E-state index contributed by atoms with van der Waals surface area (Å²) in [7, 11) is 0. The highest BCUT2D eigenvalue weighted by molar-refractivity contribution is 14.2. The molecule has 1 aliphatic carbocycles. The van der Waals surface area contributed by atoms with Gasteiger partial charge in [0.1, 0.15) is 11.5 Å². The number of allylic oxidation sites excluding steroid dienone is 3. The molecule has 0 N–H and O–H groups in total. The minimum Gasteiger partial charge on any atom is -0.361 e. The number of aryl methyl sites for hydroxylation is 1. The summed E-state index contributed by atoms with van der Waals surface area (Å²) in [5.41, 5.74) is 3.98. The summed E-state index contributed by atoms with van der Waals surface area (Å²) in [6.07, 6.45) is 6.67. The lowest BCUT2D eigenvalue weighted by molar-refractivity contribution is 0.395. The molecule has 1 aromatic heterocycles. The minimum atomic E-state index is 0.0231. The summed E-state index contributed by atoms with van der Waals surface area (Å²) in [6.45, 7) is 2.01. The predicted octanol–water partition coefficient (Wildman–Crippen LogP) is 2.98. The molecule has 2 heterocycles. The molecule has 0 fully saturated rings. The van der Waals surface area contributed by atoms with Crippen molar-refractivity contribution in [1.29, 1.82) is 0 Å². The average Bonchev–Trinajstić information content (AvgIpc) is 2.61. The Labute approximate surface area is 92.4 Å². The molecule has 0 aromatic carbocycles. The molecule has 0 spiro atoms. The standard InChI is InChI=1S/C11H10INO/c1-7-9-5-4-8-3-2-6-12-10(8)11(9)13-14-7/h2-3,6H,4-5H2,1H3. The van der Waals surface area contributed by atoms with Crippen LogP contribution in [-0.4, -0.2) is 9.17 Å². The van der Waals surface area contributed by atoms with Crippen LogP contribution < -0.4 is 0 Å². The van der Waals surface area contributed by atoms with Crippen molar-refractivity contribution in [2.45, 2.75) is 19.8 Å². The molecule has 14 heavy (non-hydrogen) atoms. The number of halogens is 1. The second-order valence-corrected chi connectivity index (χ2v) is 5.92. The van der Waals surface area contributed by atoms with Crippen LogP contribution in [0.2, 0.25) is 0 Å². The van der Waals surface area contributed by atoms with Crippen LogP contribution >= 0.6 is 20.7 Å². The van der Waals surface area contributed by atoms with Gasteiger partial charge in [-0.3, -0.25) is 0 Å². The second-order valence-electron chi connectivity index (χ2n) is 3.50. The van der Waals surface area contributed by atoms with Crippen molar-refractivity contribution in [3.8, 4) is 0 Å². The summed E-state index contributed by atoms with van der Waals surface area (Å²) in [5, 5.41) is 4.18. The Morgan fingerprint density at radius 1 is 1.43 bits per heavy atom. The Bertz CT molecular complexity index is 479. The maximum Gasteiger partial charge on any atom is 0.137 e. The maximum atomic E-state index is 5.26. The zero-order chi connectivity index (χ0) is 9.54. The van der Waals surface area contributed by atoms with E-state index < -0.39 is 0 Å². The number of aromatic nitrogens is 1. The van der Waals surface area contributed by atoms with Crippen molar-refractivity contribution in [3.05, 3.63) is 34.7 Å². The molecule has 3 rings (SSSR count). The third-order valence-corrected chi connectivity index (χ3v) is 5.26. The average molecular weight is 299 g/mol. The molecule has 2 aliphatic rings. The first-order valence-corrected chi connectivity index (χ1v) is 7.00. The summed E-state index contributed by atoms with van der Waals surface area (Å²) in [4.78, 5) is 0. The van der Waals surface area contributed by atoms with Crippen molar-refractivity contribution in [2.75, 3.05) is 0 Å². The fourth-order valence-electron chi connectivity index (χ4n) is 1.91. The fourth-order valence-corrected chi connectivity index (χ4v) is 4.25. The molecule has 72 valence electrons. The van der Waals surface area contributed by atoms with Gasteiger partial charge in [0.2, 0.25) is 0 Å². The fraction of sp³-hybridized carbons (Fsp3) is 0.273. The van der Waals surface area contributed by atoms with Gasteiger partial charge in [-0.1, -0.05) is 38.0 Å². The van der Waals surface area contributed by atoms with Crippen molar-refractivity contribution >= 4 is 28.3 Å². The molecule has 2 nitrogen and oxygen atoms in total. The molecular weight excluding hydrogens is 289 g/mol. The van der Waals surface area contributed by atoms with E-state index in [-0.39, 0.29) is 20.7 Å². The largest absolute Gasteiger partial charge is 0.361 e. The molecule has 0 atom stereocenters. The molecule has 0 unspecified atom stereocenters. The molecule has 0 radical (unpaired) electrons. The molecule has 1 aromatic rings. The van der Waals surface area contributed by atoms with Gasteiger partial charge in [-0.15, -0.1) is 0 Å². The highest BCUT2D eigenvalue weighted by Crippen LogP contribution is 2.40. The van der Waals surface area contributed by atoms with Crippen molar-refractivity contribution in [1.82, 2.24) is 5.16 Å². The van der Waals surface area contributed by atoms with Gasteiger partial charge in [0.25, 0.3) is 0 Å². The van der Waals surface area contributed by atoms with Gasteiger partial charge in [-0.2, -0.15) is 0 Å². The normalized spacial score (nSPS) is 18.9. The predicted molar refractivity (Wildman–Crippen MR) is 65.7 cm³/mol. The Hall–Kier alpha value is -0.710. The van der Waals surface area contributed by atoms with Crippen molar-refractivity contribution < 1.29 is 4.52 Å². The Balaban J connectivity index is 2.24. The van der Waals surface area contributed by atoms with Gasteiger partial charge in [-0.25, -0.2) is 0 Å². The van der Waals surface area contributed by atoms with Crippen LogP contribution in [0, 0.1) is 6.92 Å². The van der Waals surface area contributed by atoms with E-state index in [1.54, 1.807) is 0 Å². The number of hydrogen-bond acceptors (Lipinski definition) is 2. The molecule has 0 saturated carbocycles. The first-order valence-electron chi connectivity index (χ1n) is 4.68. The van der Waals surface area contributed by atoms with E-state index in [0.717, 1.165) is 24.3 Å². The van der Waals surface area contributed by atoms with E-state index in [1.807, 2.05) is 6.92 Å². The SMILES string of the molecule is Cc1onc2c1CCC1=C2I=CC=C1. The number of fused-ring (bicyclic) bond motifs is 2. The lowest BCUT2D eigenvalue weighted by Crippen LogP contribution is -2.02. The van der Waals surface area contributed by atoms with E-state index in [4.69, 9.17) is 4.52 Å². The van der Waals surface area contributed by atoms with Crippen LogP contribution in [0.3, 0.4) is 0 Å². The first-order chi connectivity index (χ1) is 6.86. The molecule has 0 saturated heterocycles. The third kappa shape index (κ3) is 1.15. The summed E-state index contributed by atoms with van der Waals surface area (Å²) < 4.78 is 9.03. The lowest BCUT2D eigenvalue weighted by atomic mass is 9.96. The van der Waals surface area contributed by atoms with Crippen LogP contribution in [-0.2, 0) is 6.42 Å². The summed E-state index contributed by atoms with van der Waals surface area (Å²) in [5.74, 6) is 1.00. The third-order valence-electron chi connectivity index (χ3n) is 2.66. The molecule has 1 aliphatic heterocycles. The van der Waals surface area contributed by atoms with Crippen LogP contribution in [0.25, 0.3) is 3.58 Å². The highest BCUT2D eigenvalue weighted by Gasteiger charge is 2.23. The second kappa shape index (κ2) is 3.15. The summed E-state index contributed by atoms with van der Waals surface area (Å²) in [6, 6.07) is 0. The Morgan fingerprint density at radius 3 is 3.29 bits per heavy atom. The number of hydrogen-bond donors (Lipinski definition) is 0. The van der Waals surface area contributed by atoms with Gasteiger partial charge in [0.15, 0.2) is 0 Å². The lowest BCUT2D eigenvalue weighted by Gasteiger charge is -2.15. The summed E-state index contributed by atoms with van der Waals surface area (Å²) >= 11 is 0.0231. The van der Waals surface area contributed by atoms with E-state index in [0.29, 0.717) is 0 Å². The van der Waals surface area contributed by atoms with Gasteiger partial charge in [0.05, 0.1) is 0 Å². The van der Waals surface area contributed by atoms with Crippen LogP contribution in [0.15, 0.2) is 22.2 Å². The zero-order valence-electron chi connectivity index (χ0n) is 7.88. The zero-order valence-corrected chi connectivity index (χ0v) is 10.0. The molecule has 0 bridgehead atoms. The monoisotopic (exact) mass is 299 g/mol. The van der Waals surface area contributed by atoms with Crippen LogP contribution in [0.5, 0.6) is 0 Å². The van der Waals surface area contributed by atoms with E-state index in [9.17, 15) is 0 Å². The van der Waals surface area contributed by atoms with Gasteiger partial charge >= 0.3 is 0 Å².